The van der Waals surface area contributed by atoms with Crippen LogP contribution in [0.1, 0.15) is 87.8 Å². The number of rotatable bonds is 6. The second-order valence-electron chi connectivity index (χ2n) is 8.58. The third kappa shape index (κ3) is 4.51. The van der Waals surface area contributed by atoms with E-state index < -0.39 is 0 Å². The van der Waals surface area contributed by atoms with Crippen LogP contribution in [-0.2, 0) is 12.8 Å². The molecule has 2 aliphatic carbocycles. The monoisotopic (exact) mass is 325 g/mol. The fourth-order valence-corrected chi connectivity index (χ4v) is 4.77. The van der Waals surface area contributed by atoms with Crippen LogP contribution in [0, 0.1) is 5.92 Å². The van der Waals surface area contributed by atoms with Crippen molar-refractivity contribution >= 4 is 0 Å². The lowest BCUT2D eigenvalue weighted by molar-refractivity contribution is 0.409. The van der Waals surface area contributed by atoms with Crippen LogP contribution < -0.4 is 5.73 Å². The zero-order chi connectivity index (χ0) is 17.0. The summed E-state index contributed by atoms with van der Waals surface area (Å²) in [4.78, 5) is 0. The molecule has 0 aliphatic heterocycles. The molecule has 0 unspecified atom stereocenters. The second-order valence-corrected chi connectivity index (χ2v) is 8.58. The van der Waals surface area contributed by atoms with Crippen molar-refractivity contribution in [3.8, 4) is 0 Å². The van der Waals surface area contributed by atoms with Crippen molar-refractivity contribution < 1.29 is 0 Å². The average molecular weight is 326 g/mol. The van der Waals surface area contributed by atoms with Crippen molar-refractivity contribution in [2.24, 2.45) is 11.7 Å². The molecule has 1 nitrogen and oxygen atoms in total. The van der Waals surface area contributed by atoms with Gasteiger partial charge in [0.25, 0.3) is 0 Å². The standard InChI is InChI=1S/C23H35N/c1-3-4-5-6-7-8-18-9-10-20-16-21(12-11-19(20)15-18)22-13-14-23(2,24)17-22/h3-4,11-12,16,18,22H,5-10,13-15,17,24H2,1-2H3/b4-3+/t18-,22-,23+/m0/s1. The molecule has 2 aliphatic rings. The summed E-state index contributed by atoms with van der Waals surface area (Å²) >= 11 is 0. The Balaban J connectivity index is 1.54. The van der Waals surface area contributed by atoms with Gasteiger partial charge >= 0.3 is 0 Å². The molecule has 1 heteroatoms. The van der Waals surface area contributed by atoms with Crippen molar-refractivity contribution in [2.75, 3.05) is 0 Å². The van der Waals surface area contributed by atoms with Crippen LogP contribution in [0.2, 0.25) is 0 Å². The summed E-state index contributed by atoms with van der Waals surface area (Å²) in [7, 11) is 0. The summed E-state index contributed by atoms with van der Waals surface area (Å²) in [6.07, 6.45) is 17.4. The summed E-state index contributed by atoms with van der Waals surface area (Å²) in [5, 5.41) is 0. The van der Waals surface area contributed by atoms with Crippen LogP contribution in [0.5, 0.6) is 0 Å². The van der Waals surface area contributed by atoms with Crippen LogP contribution in [0.4, 0.5) is 0 Å². The van der Waals surface area contributed by atoms with Gasteiger partial charge in [-0.15, -0.1) is 0 Å². The summed E-state index contributed by atoms with van der Waals surface area (Å²) in [6.45, 7) is 4.33. The Morgan fingerprint density at radius 3 is 2.83 bits per heavy atom. The summed E-state index contributed by atoms with van der Waals surface area (Å²) < 4.78 is 0. The van der Waals surface area contributed by atoms with E-state index in [1.807, 2.05) is 0 Å². The van der Waals surface area contributed by atoms with Crippen LogP contribution in [-0.4, -0.2) is 5.54 Å². The SMILES string of the molecule is C/C=C/CCCC[C@H]1CCc2cc([C@H]3CC[C@@](C)(N)C3)ccc2C1. The van der Waals surface area contributed by atoms with E-state index in [0.717, 1.165) is 12.3 Å². The first-order valence-electron chi connectivity index (χ1n) is 10.1. The Morgan fingerprint density at radius 1 is 1.21 bits per heavy atom. The first-order chi connectivity index (χ1) is 11.6. The lowest BCUT2D eigenvalue weighted by Gasteiger charge is -2.26. The number of unbranched alkanes of at least 4 members (excludes halogenated alkanes) is 2. The van der Waals surface area contributed by atoms with Crippen molar-refractivity contribution in [2.45, 2.75) is 89.5 Å². The molecule has 3 atom stereocenters. The second kappa shape index (κ2) is 7.87. The molecular formula is C23H35N. The maximum absolute atomic E-state index is 6.33. The predicted octanol–water partition coefficient (Wildman–Crippen LogP) is 5.91. The highest BCUT2D eigenvalue weighted by atomic mass is 14.7. The molecule has 1 fully saturated rings. The van der Waals surface area contributed by atoms with E-state index in [-0.39, 0.29) is 5.54 Å². The van der Waals surface area contributed by atoms with Gasteiger partial charge in [-0.3, -0.25) is 0 Å². The van der Waals surface area contributed by atoms with Gasteiger partial charge in [0.1, 0.15) is 0 Å². The molecule has 1 aromatic rings. The first-order valence-corrected chi connectivity index (χ1v) is 10.1. The van der Waals surface area contributed by atoms with E-state index in [1.165, 1.54) is 57.8 Å². The normalized spacial score (nSPS) is 30.0. The van der Waals surface area contributed by atoms with Gasteiger partial charge in [-0.1, -0.05) is 43.2 Å². The Kier molecular flexibility index (Phi) is 5.81. The molecule has 3 rings (SSSR count). The Hall–Kier alpha value is -1.08. The fourth-order valence-electron chi connectivity index (χ4n) is 4.77. The van der Waals surface area contributed by atoms with Crippen molar-refractivity contribution in [1.82, 2.24) is 0 Å². The summed E-state index contributed by atoms with van der Waals surface area (Å²) in [5.41, 5.74) is 11.2. The predicted molar refractivity (Wildman–Crippen MR) is 104 cm³/mol. The van der Waals surface area contributed by atoms with E-state index in [2.05, 4.69) is 44.2 Å². The maximum Gasteiger partial charge on any atom is 0.0131 e. The molecule has 0 spiro atoms. The molecule has 0 saturated heterocycles. The summed E-state index contributed by atoms with van der Waals surface area (Å²) in [6, 6.07) is 7.35. The Morgan fingerprint density at radius 2 is 2.08 bits per heavy atom. The van der Waals surface area contributed by atoms with Crippen LogP contribution in [0.15, 0.2) is 30.4 Å². The molecule has 0 amide bonds. The molecule has 2 N–H and O–H groups in total. The van der Waals surface area contributed by atoms with Gasteiger partial charge in [0.2, 0.25) is 0 Å². The molecule has 0 radical (unpaired) electrons. The van der Waals surface area contributed by atoms with Gasteiger partial charge in [-0.05, 0) is 93.7 Å². The lowest BCUT2D eigenvalue weighted by atomic mass is 9.79. The largest absolute Gasteiger partial charge is 0.325 e. The highest BCUT2D eigenvalue weighted by Crippen LogP contribution is 2.40. The van der Waals surface area contributed by atoms with E-state index in [4.69, 9.17) is 5.73 Å². The van der Waals surface area contributed by atoms with Crippen molar-refractivity contribution in [1.29, 1.82) is 0 Å². The third-order valence-corrected chi connectivity index (χ3v) is 6.28. The van der Waals surface area contributed by atoms with Crippen LogP contribution >= 0.6 is 0 Å². The molecular weight excluding hydrogens is 290 g/mol. The number of fused-ring (bicyclic) bond motifs is 1. The zero-order valence-electron chi connectivity index (χ0n) is 15.7. The molecule has 0 heterocycles. The molecule has 1 saturated carbocycles. The average Bonchev–Trinajstić information content (AvgIpc) is 2.94. The van der Waals surface area contributed by atoms with E-state index >= 15 is 0 Å². The highest BCUT2D eigenvalue weighted by Gasteiger charge is 2.32. The van der Waals surface area contributed by atoms with Crippen molar-refractivity contribution in [3.05, 3.63) is 47.0 Å². The Bertz CT molecular complexity index is 569. The summed E-state index contributed by atoms with van der Waals surface area (Å²) in [5.74, 6) is 1.60. The number of benzene rings is 1. The van der Waals surface area contributed by atoms with Gasteiger partial charge in [0, 0.05) is 5.54 Å². The lowest BCUT2D eigenvalue weighted by Crippen LogP contribution is -2.32. The van der Waals surface area contributed by atoms with Gasteiger partial charge in [-0.25, -0.2) is 0 Å². The number of nitrogens with two attached hydrogens (primary N) is 1. The van der Waals surface area contributed by atoms with Crippen LogP contribution in [0.3, 0.4) is 0 Å². The minimum atomic E-state index is 0.0542. The minimum Gasteiger partial charge on any atom is -0.325 e. The molecule has 24 heavy (non-hydrogen) atoms. The fraction of sp³-hybridized carbons (Fsp3) is 0.652. The molecule has 1 aromatic carbocycles. The number of hydrogen-bond donors (Lipinski definition) is 1. The molecule has 0 aromatic heterocycles. The minimum absolute atomic E-state index is 0.0542. The maximum atomic E-state index is 6.33. The van der Waals surface area contributed by atoms with Gasteiger partial charge < -0.3 is 5.73 Å². The van der Waals surface area contributed by atoms with Gasteiger partial charge in [-0.2, -0.15) is 0 Å². The number of allylic oxidation sites excluding steroid dienone is 2. The first kappa shape index (κ1) is 17.7. The van der Waals surface area contributed by atoms with E-state index in [0.29, 0.717) is 5.92 Å². The zero-order valence-corrected chi connectivity index (χ0v) is 15.7. The van der Waals surface area contributed by atoms with Crippen molar-refractivity contribution in [3.63, 3.8) is 0 Å². The van der Waals surface area contributed by atoms with E-state index in [1.54, 1.807) is 16.7 Å². The number of hydrogen-bond acceptors (Lipinski definition) is 1. The van der Waals surface area contributed by atoms with Crippen LogP contribution in [0.25, 0.3) is 0 Å². The van der Waals surface area contributed by atoms with Gasteiger partial charge in [0.15, 0.2) is 0 Å². The smallest absolute Gasteiger partial charge is 0.0131 e. The molecule has 0 bridgehead atoms. The Labute approximate surface area is 148 Å². The number of aryl methyl sites for hydroxylation is 1. The highest BCUT2D eigenvalue weighted by molar-refractivity contribution is 5.36. The topological polar surface area (TPSA) is 26.0 Å². The third-order valence-electron chi connectivity index (χ3n) is 6.28. The quantitative estimate of drug-likeness (QED) is 0.510. The van der Waals surface area contributed by atoms with E-state index in [9.17, 15) is 0 Å². The molecule has 132 valence electrons. The van der Waals surface area contributed by atoms with Gasteiger partial charge in [0.05, 0.1) is 0 Å².